The smallest absolute Gasteiger partial charge is 0.338 e. The van der Waals surface area contributed by atoms with Crippen molar-refractivity contribution in [3.63, 3.8) is 0 Å². The molecule has 0 fully saturated rings. The molecule has 0 aromatic carbocycles. The second kappa shape index (κ2) is 18.1. The van der Waals surface area contributed by atoms with Gasteiger partial charge in [0.2, 0.25) is 0 Å². The first-order chi connectivity index (χ1) is 32.7. The lowest BCUT2D eigenvalue weighted by atomic mass is 9.84. The van der Waals surface area contributed by atoms with Gasteiger partial charge in [-0.1, -0.05) is 26.5 Å². The fourth-order valence-corrected chi connectivity index (χ4v) is 9.47. The van der Waals surface area contributed by atoms with Gasteiger partial charge in [-0.3, -0.25) is 14.6 Å². The first-order valence-electron chi connectivity index (χ1n) is 22.5. The van der Waals surface area contributed by atoms with Gasteiger partial charge in [-0.15, -0.1) is 0 Å². The minimum absolute atomic E-state index is 0.0451. The second-order valence-electron chi connectivity index (χ2n) is 17.4. The van der Waals surface area contributed by atoms with Crippen LogP contribution in [0.25, 0.3) is 85.7 Å². The van der Waals surface area contributed by atoms with E-state index in [9.17, 15) is 29.7 Å². The number of hydrogen-bond donors (Lipinski definition) is 7. The summed E-state index contributed by atoms with van der Waals surface area (Å²) in [5.74, 6) is -4.13. The van der Waals surface area contributed by atoms with Gasteiger partial charge < -0.3 is 35.3 Å². The first kappa shape index (κ1) is 44.8. The molecular formula is C54H50N8O6. The van der Waals surface area contributed by atoms with Crippen molar-refractivity contribution in [2.45, 2.75) is 72.1 Å². The Kier molecular flexibility index (Phi) is 11.9. The fourth-order valence-electron chi connectivity index (χ4n) is 9.47. The average molecular weight is 907 g/mol. The standard InChI is InChI=1S/C34H36N4O6.C20H14N4/c1-7-19-15(3)23-12-25-17(5)21(9-10-29(39)40)32(37-25)22(11-30(41)42)33-31(34(43)44)18(6)26(38-33)14-28-20(8-2)16(4)24(36-28)13-27(19)35-23;1-2-14-10-16-5-6-18(23-16)12-20-8-7-19(24-20)11-17-4-3-15(22-17)9-13(1)21-14/h7,12-14,17,21,35-36H,1,8-11H2,2-6H3,(H,39,40)(H,41,42)(H,43,44);1-12,21,24H/t17-,21-;/m0./s1. The van der Waals surface area contributed by atoms with Gasteiger partial charge in [0.15, 0.2) is 0 Å². The van der Waals surface area contributed by atoms with Crippen LogP contribution in [0, 0.1) is 13.8 Å². The molecule has 14 nitrogen and oxygen atoms in total. The zero-order valence-electron chi connectivity index (χ0n) is 38.3. The lowest BCUT2D eigenvalue weighted by Gasteiger charge is -2.17. The van der Waals surface area contributed by atoms with Gasteiger partial charge in [0.1, 0.15) is 0 Å². The molecule has 0 amide bonds. The van der Waals surface area contributed by atoms with Crippen molar-refractivity contribution in [3.05, 3.63) is 147 Å². The molecule has 0 saturated carbocycles. The molecule has 16 bridgehead atoms. The van der Waals surface area contributed by atoms with Crippen LogP contribution in [-0.4, -0.2) is 73.1 Å². The average Bonchev–Trinajstić information content (AvgIpc) is 4.18. The molecule has 0 aliphatic carbocycles. The predicted octanol–water partition coefficient (Wildman–Crippen LogP) is 11.2. The molecule has 0 saturated heterocycles. The van der Waals surface area contributed by atoms with Crippen LogP contribution in [0.15, 0.2) is 73.3 Å². The van der Waals surface area contributed by atoms with Gasteiger partial charge in [0.25, 0.3) is 0 Å². The van der Waals surface area contributed by atoms with Gasteiger partial charge >= 0.3 is 17.9 Å². The normalized spacial score (nSPS) is 15.0. The number of carboxylic acid groups (broad SMARTS) is 3. The van der Waals surface area contributed by atoms with Crippen LogP contribution >= 0.6 is 0 Å². The third kappa shape index (κ3) is 8.83. The van der Waals surface area contributed by atoms with Gasteiger partial charge in [-0.05, 0) is 147 Å². The van der Waals surface area contributed by atoms with E-state index in [-0.39, 0.29) is 35.6 Å². The molecular weight excluding hydrogens is 857 g/mol. The number of aryl methyl sites for hydroxylation is 3. The minimum Gasteiger partial charge on any atom is -0.481 e. The molecule has 0 radical (unpaired) electrons. The summed E-state index contributed by atoms with van der Waals surface area (Å²) in [6, 6.07) is 22.1. The van der Waals surface area contributed by atoms with Gasteiger partial charge in [-0.25, -0.2) is 19.7 Å². The Morgan fingerprint density at radius 1 is 0.647 bits per heavy atom. The summed E-state index contributed by atoms with van der Waals surface area (Å²) in [5.41, 5.74) is 17.1. The maximum atomic E-state index is 12.7. The van der Waals surface area contributed by atoms with Crippen LogP contribution in [0.3, 0.4) is 0 Å². The number of nitrogens with zero attached hydrogens (tertiary/aromatic N) is 4. The Labute approximate surface area is 390 Å². The summed E-state index contributed by atoms with van der Waals surface area (Å²) >= 11 is 0. The SMILES string of the molecule is C1=Cc2cc3ccc(cc4nc(cc5ccc(cc1n2)[nH]5)C=C4)[nH]3.C=Cc1c(C)c2cc3nc(c(CC(=O)O)c4nc(cc5[nH]c(cc1[nH]2)c(C)c5CC)C(C)=C4C(=O)O)[C@@H](CCC(=O)O)[C@@H]3C. The monoisotopic (exact) mass is 906 g/mol. The first-order valence-corrected chi connectivity index (χ1v) is 22.5. The van der Waals surface area contributed by atoms with E-state index < -0.39 is 30.2 Å². The van der Waals surface area contributed by atoms with Crippen molar-refractivity contribution in [1.82, 2.24) is 39.9 Å². The number of carboxylic acids is 3. The van der Waals surface area contributed by atoms with Crippen LogP contribution in [0.2, 0.25) is 0 Å². The third-order valence-electron chi connectivity index (χ3n) is 13.0. The van der Waals surface area contributed by atoms with E-state index >= 15 is 0 Å². The van der Waals surface area contributed by atoms with Gasteiger partial charge in [-0.2, -0.15) is 0 Å². The van der Waals surface area contributed by atoms with Crippen LogP contribution in [0.1, 0.15) is 119 Å². The van der Waals surface area contributed by atoms with Crippen LogP contribution in [0.4, 0.5) is 0 Å². The van der Waals surface area contributed by atoms with Gasteiger partial charge in [0, 0.05) is 79.2 Å². The highest BCUT2D eigenvalue weighted by molar-refractivity contribution is 6.24. The maximum absolute atomic E-state index is 12.7. The molecule has 4 aliphatic heterocycles. The summed E-state index contributed by atoms with van der Waals surface area (Å²) in [6.07, 6.45) is 10.1. The van der Waals surface area contributed by atoms with E-state index in [2.05, 4.69) is 60.7 Å². The zero-order chi connectivity index (χ0) is 48.0. The van der Waals surface area contributed by atoms with E-state index in [4.69, 9.17) is 9.97 Å². The summed E-state index contributed by atoms with van der Waals surface area (Å²) in [7, 11) is 0. The number of aromatic amines is 4. The number of hydrogen-bond acceptors (Lipinski definition) is 7. The lowest BCUT2D eigenvalue weighted by Crippen LogP contribution is -2.13. The Bertz CT molecular complexity index is 3390. The number of nitrogens with one attached hydrogen (secondary N) is 4. The molecule has 2 atom stereocenters. The highest BCUT2D eigenvalue weighted by Gasteiger charge is 2.35. The van der Waals surface area contributed by atoms with Crippen molar-refractivity contribution < 1.29 is 29.7 Å². The van der Waals surface area contributed by atoms with Crippen molar-refractivity contribution in [2.75, 3.05) is 0 Å². The Hall–Kier alpha value is -8.39. The van der Waals surface area contributed by atoms with Crippen LogP contribution in [0.5, 0.6) is 0 Å². The molecule has 0 spiro atoms. The number of aliphatic carboxylic acids is 3. The number of carbonyl (C=O) groups is 3. The topological polar surface area (TPSA) is 227 Å². The van der Waals surface area contributed by atoms with E-state index in [1.807, 2.05) is 94.5 Å². The molecule has 10 rings (SSSR count). The number of H-pyrrole nitrogens is 4. The van der Waals surface area contributed by atoms with Crippen LogP contribution < -0.4 is 0 Å². The van der Waals surface area contributed by atoms with Crippen molar-refractivity contribution in [2.24, 2.45) is 0 Å². The molecule has 6 aromatic rings. The molecule has 14 heteroatoms. The van der Waals surface area contributed by atoms with Crippen molar-refractivity contribution in [3.8, 4) is 0 Å². The quantitative estimate of drug-likeness (QED) is 0.0763. The van der Waals surface area contributed by atoms with E-state index in [1.165, 1.54) is 0 Å². The minimum atomic E-state index is -1.23. The van der Waals surface area contributed by atoms with E-state index in [1.54, 1.807) is 13.0 Å². The van der Waals surface area contributed by atoms with E-state index in [0.717, 1.165) is 89.2 Å². The molecule has 10 heterocycles. The number of allylic oxidation sites excluding steroid dienone is 1. The molecule has 6 aromatic heterocycles. The Balaban J connectivity index is 0.000000200. The third-order valence-corrected chi connectivity index (χ3v) is 13.0. The van der Waals surface area contributed by atoms with Gasteiger partial charge in [0.05, 0.1) is 51.9 Å². The Morgan fingerprint density at radius 2 is 1.19 bits per heavy atom. The molecule has 4 aliphatic rings. The summed E-state index contributed by atoms with van der Waals surface area (Å²) in [6.45, 7) is 13.7. The molecule has 0 unspecified atom stereocenters. The number of aromatic nitrogens is 8. The predicted molar refractivity (Wildman–Crippen MR) is 268 cm³/mol. The maximum Gasteiger partial charge on any atom is 0.338 e. The van der Waals surface area contributed by atoms with Crippen LogP contribution in [-0.2, 0) is 27.2 Å². The summed E-state index contributed by atoms with van der Waals surface area (Å²) in [5, 5.41) is 29.9. The van der Waals surface area contributed by atoms with Crippen molar-refractivity contribution >= 4 is 104 Å². The fraction of sp³-hybridized carbons (Fsp3) is 0.204. The molecule has 342 valence electrons. The summed E-state index contributed by atoms with van der Waals surface area (Å²) in [4.78, 5) is 69.3. The van der Waals surface area contributed by atoms with E-state index in [0.29, 0.717) is 29.1 Å². The highest BCUT2D eigenvalue weighted by Crippen LogP contribution is 2.44. The molecule has 68 heavy (non-hydrogen) atoms. The number of fused-ring (bicyclic) bond motifs is 16. The summed E-state index contributed by atoms with van der Waals surface area (Å²) < 4.78 is 0. The Morgan fingerprint density at radius 3 is 1.69 bits per heavy atom. The molecule has 7 N–H and O–H groups in total. The zero-order valence-corrected chi connectivity index (χ0v) is 38.3. The second-order valence-corrected chi connectivity index (χ2v) is 17.4. The highest BCUT2D eigenvalue weighted by atomic mass is 16.4. The lowest BCUT2D eigenvalue weighted by molar-refractivity contribution is -0.138. The van der Waals surface area contributed by atoms with Crippen molar-refractivity contribution in [1.29, 1.82) is 0 Å². The number of rotatable bonds is 8. The largest absolute Gasteiger partial charge is 0.481 e.